The van der Waals surface area contributed by atoms with Gasteiger partial charge in [-0.25, -0.2) is 0 Å². The van der Waals surface area contributed by atoms with Crippen molar-refractivity contribution in [1.29, 1.82) is 0 Å². The first kappa shape index (κ1) is 9.78. The molecule has 0 aromatic carbocycles. The minimum Gasteiger partial charge on any atom is -0.272 e. The monoisotopic (exact) mass is 230 g/mol. The molecule has 0 radical (unpaired) electrons. The molecule has 3 heteroatoms. The lowest BCUT2D eigenvalue weighted by Crippen LogP contribution is -1.99. The van der Waals surface area contributed by atoms with Crippen molar-refractivity contribution in [1.82, 2.24) is 9.78 Å². The Morgan fingerprint density at radius 2 is 2.33 bits per heavy atom. The molecule has 0 atom stereocenters. The molecule has 2 nitrogen and oxygen atoms in total. The second-order valence-corrected chi connectivity index (χ2v) is 4.37. The van der Waals surface area contributed by atoms with Gasteiger partial charge in [-0.05, 0) is 34.7 Å². The van der Waals surface area contributed by atoms with Gasteiger partial charge in [0.1, 0.15) is 0 Å². The van der Waals surface area contributed by atoms with E-state index in [4.69, 9.17) is 0 Å². The van der Waals surface area contributed by atoms with Gasteiger partial charge in [0.2, 0.25) is 0 Å². The maximum atomic E-state index is 4.18. The van der Waals surface area contributed by atoms with Gasteiger partial charge < -0.3 is 0 Å². The molecular weight excluding hydrogens is 216 g/mol. The highest BCUT2D eigenvalue weighted by molar-refractivity contribution is 9.10. The second kappa shape index (κ2) is 4.65. The molecule has 0 unspecified atom stereocenters. The van der Waals surface area contributed by atoms with Crippen molar-refractivity contribution in [3.8, 4) is 0 Å². The van der Waals surface area contributed by atoms with Crippen LogP contribution in [-0.4, -0.2) is 9.78 Å². The lowest BCUT2D eigenvalue weighted by Gasteiger charge is -2.03. The third-order valence-corrected chi connectivity index (χ3v) is 2.18. The Bertz CT molecular complexity index is 230. The van der Waals surface area contributed by atoms with E-state index < -0.39 is 0 Å². The van der Waals surface area contributed by atoms with Crippen molar-refractivity contribution in [2.75, 3.05) is 0 Å². The molecule has 0 saturated heterocycles. The Labute approximate surface area is 82.1 Å². The summed E-state index contributed by atoms with van der Waals surface area (Å²) in [6.45, 7) is 5.53. The molecule has 0 N–H and O–H groups in total. The molecule has 0 bridgehead atoms. The summed E-state index contributed by atoms with van der Waals surface area (Å²) in [5, 5.41) is 4.18. The Morgan fingerprint density at radius 1 is 1.58 bits per heavy atom. The first-order valence-corrected chi connectivity index (χ1v) is 5.15. The number of halogens is 1. The number of nitrogens with zero attached hydrogens (tertiary/aromatic N) is 2. The van der Waals surface area contributed by atoms with Gasteiger partial charge in [0, 0.05) is 12.7 Å². The smallest absolute Gasteiger partial charge is 0.0632 e. The zero-order valence-corrected chi connectivity index (χ0v) is 9.21. The first-order valence-electron chi connectivity index (χ1n) is 4.36. The van der Waals surface area contributed by atoms with Gasteiger partial charge in [0.15, 0.2) is 0 Å². The van der Waals surface area contributed by atoms with Crippen LogP contribution in [0.5, 0.6) is 0 Å². The van der Waals surface area contributed by atoms with Crippen molar-refractivity contribution >= 4 is 15.9 Å². The number of hydrogen-bond donors (Lipinski definition) is 0. The summed E-state index contributed by atoms with van der Waals surface area (Å²) in [5.41, 5.74) is 0. The lowest BCUT2D eigenvalue weighted by molar-refractivity contribution is 0.490. The number of hydrogen-bond acceptors (Lipinski definition) is 1. The molecule has 1 rings (SSSR count). The van der Waals surface area contributed by atoms with Crippen molar-refractivity contribution in [2.24, 2.45) is 5.92 Å². The highest BCUT2D eigenvalue weighted by Crippen LogP contribution is 2.09. The van der Waals surface area contributed by atoms with E-state index in [0.717, 1.165) is 16.9 Å². The van der Waals surface area contributed by atoms with E-state index in [1.54, 1.807) is 0 Å². The van der Waals surface area contributed by atoms with Gasteiger partial charge in [0.05, 0.1) is 10.7 Å². The third-order valence-electron chi connectivity index (χ3n) is 1.77. The van der Waals surface area contributed by atoms with E-state index in [-0.39, 0.29) is 0 Å². The van der Waals surface area contributed by atoms with E-state index >= 15 is 0 Å². The molecule has 1 aromatic rings. The van der Waals surface area contributed by atoms with Crippen LogP contribution in [0, 0.1) is 5.92 Å². The normalized spacial score (nSPS) is 11.0. The summed E-state index contributed by atoms with van der Waals surface area (Å²) in [5.74, 6) is 0.795. The van der Waals surface area contributed by atoms with Crippen LogP contribution < -0.4 is 0 Å². The molecule has 0 spiro atoms. The van der Waals surface area contributed by atoms with Gasteiger partial charge in [-0.3, -0.25) is 4.68 Å². The topological polar surface area (TPSA) is 17.8 Å². The minimum absolute atomic E-state index is 0.795. The summed E-state index contributed by atoms with van der Waals surface area (Å²) in [7, 11) is 0. The maximum Gasteiger partial charge on any atom is 0.0632 e. The van der Waals surface area contributed by atoms with Crippen LogP contribution in [0.2, 0.25) is 0 Å². The average molecular weight is 231 g/mol. The fraction of sp³-hybridized carbons (Fsp3) is 0.667. The van der Waals surface area contributed by atoms with Gasteiger partial charge in [0.25, 0.3) is 0 Å². The molecule has 0 aliphatic heterocycles. The van der Waals surface area contributed by atoms with E-state index in [9.17, 15) is 0 Å². The van der Waals surface area contributed by atoms with Crippen LogP contribution in [0.3, 0.4) is 0 Å². The van der Waals surface area contributed by atoms with Crippen LogP contribution in [0.1, 0.15) is 26.7 Å². The predicted molar refractivity (Wildman–Crippen MR) is 54.0 cm³/mol. The fourth-order valence-electron chi connectivity index (χ4n) is 1.12. The third kappa shape index (κ3) is 3.39. The number of aryl methyl sites for hydroxylation is 1. The zero-order chi connectivity index (χ0) is 8.97. The van der Waals surface area contributed by atoms with E-state index in [2.05, 4.69) is 34.9 Å². The molecule has 0 aliphatic carbocycles. The SMILES string of the molecule is CC(C)CCCn1cc(Br)cn1. The quantitative estimate of drug-likeness (QED) is 0.778. The highest BCUT2D eigenvalue weighted by Gasteiger charge is 1.96. The molecule has 0 fully saturated rings. The number of rotatable bonds is 4. The van der Waals surface area contributed by atoms with Gasteiger partial charge >= 0.3 is 0 Å². The van der Waals surface area contributed by atoms with E-state index in [0.29, 0.717) is 0 Å². The van der Waals surface area contributed by atoms with Gasteiger partial charge in [-0.15, -0.1) is 0 Å². The predicted octanol–water partition coefficient (Wildman–Crippen LogP) is 3.08. The van der Waals surface area contributed by atoms with Crippen molar-refractivity contribution < 1.29 is 0 Å². The fourth-order valence-corrected chi connectivity index (χ4v) is 1.45. The molecule has 1 heterocycles. The van der Waals surface area contributed by atoms with Gasteiger partial charge in [-0.2, -0.15) is 5.10 Å². The highest BCUT2D eigenvalue weighted by atomic mass is 79.9. The summed E-state index contributed by atoms with van der Waals surface area (Å²) in [6, 6.07) is 0. The Hall–Kier alpha value is -0.310. The van der Waals surface area contributed by atoms with Crippen LogP contribution in [0.4, 0.5) is 0 Å². The molecule has 0 amide bonds. The molecule has 12 heavy (non-hydrogen) atoms. The molecular formula is C9H15BrN2. The summed E-state index contributed by atoms with van der Waals surface area (Å²) in [6.07, 6.45) is 6.33. The summed E-state index contributed by atoms with van der Waals surface area (Å²) in [4.78, 5) is 0. The Kier molecular flexibility index (Phi) is 3.79. The molecule has 1 aromatic heterocycles. The zero-order valence-electron chi connectivity index (χ0n) is 7.63. The molecule has 0 aliphatic rings. The Morgan fingerprint density at radius 3 is 2.83 bits per heavy atom. The van der Waals surface area contributed by atoms with Crippen molar-refractivity contribution in [2.45, 2.75) is 33.2 Å². The Balaban J connectivity index is 2.24. The second-order valence-electron chi connectivity index (χ2n) is 3.46. The van der Waals surface area contributed by atoms with Crippen molar-refractivity contribution in [3.63, 3.8) is 0 Å². The van der Waals surface area contributed by atoms with Crippen LogP contribution in [0.25, 0.3) is 0 Å². The number of aromatic nitrogens is 2. The lowest BCUT2D eigenvalue weighted by atomic mass is 10.1. The summed E-state index contributed by atoms with van der Waals surface area (Å²) < 4.78 is 3.04. The maximum absolute atomic E-state index is 4.18. The van der Waals surface area contributed by atoms with E-state index in [1.807, 2.05) is 17.1 Å². The van der Waals surface area contributed by atoms with Crippen LogP contribution >= 0.6 is 15.9 Å². The standard InChI is InChI=1S/C9H15BrN2/c1-8(2)4-3-5-12-7-9(10)6-11-12/h6-8H,3-5H2,1-2H3. The van der Waals surface area contributed by atoms with Gasteiger partial charge in [-0.1, -0.05) is 13.8 Å². The molecule has 68 valence electrons. The summed E-state index contributed by atoms with van der Waals surface area (Å²) >= 11 is 3.37. The minimum atomic E-state index is 0.795. The first-order chi connectivity index (χ1) is 5.68. The largest absolute Gasteiger partial charge is 0.272 e. The average Bonchev–Trinajstić information content (AvgIpc) is 2.35. The van der Waals surface area contributed by atoms with E-state index in [1.165, 1.54) is 12.8 Å². The van der Waals surface area contributed by atoms with Crippen LogP contribution in [0.15, 0.2) is 16.9 Å². The molecule has 0 saturated carbocycles. The van der Waals surface area contributed by atoms with Crippen molar-refractivity contribution in [3.05, 3.63) is 16.9 Å². The van der Waals surface area contributed by atoms with Crippen LogP contribution in [-0.2, 0) is 6.54 Å².